The number of nitrogens with zero attached hydrogens (tertiary/aromatic N) is 1. The van der Waals surface area contributed by atoms with Crippen LogP contribution < -0.4 is 5.32 Å². The molecule has 27 heavy (non-hydrogen) atoms. The van der Waals surface area contributed by atoms with Gasteiger partial charge in [0, 0.05) is 31.1 Å². The molecule has 0 aliphatic carbocycles. The lowest BCUT2D eigenvalue weighted by Crippen LogP contribution is -2.35. The summed E-state index contributed by atoms with van der Waals surface area (Å²) in [7, 11) is 0. The number of hydrogen-bond acceptors (Lipinski definition) is 4. The SMILES string of the molecule is Cc1ccc(SC(C)C(=O)NCc2cccc(CN3CCOCC3)c2)cc1. The van der Waals surface area contributed by atoms with Crippen molar-refractivity contribution in [2.45, 2.75) is 37.1 Å². The molecule has 4 nitrogen and oxygen atoms in total. The van der Waals surface area contributed by atoms with Gasteiger partial charge in [-0.1, -0.05) is 42.0 Å². The fraction of sp³-hybridized carbons (Fsp3) is 0.409. The number of carbonyl (C=O) groups excluding carboxylic acids is 1. The second-order valence-corrected chi connectivity index (χ2v) is 8.41. The Hall–Kier alpha value is -1.82. The van der Waals surface area contributed by atoms with Crippen LogP contribution in [0.15, 0.2) is 53.4 Å². The summed E-state index contributed by atoms with van der Waals surface area (Å²) in [6.07, 6.45) is 0. The third-order valence-corrected chi connectivity index (χ3v) is 5.78. The quantitative estimate of drug-likeness (QED) is 0.741. The fourth-order valence-corrected chi connectivity index (χ4v) is 3.95. The number of nitrogens with one attached hydrogen (secondary N) is 1. The molecule has 3 rings (SSSR count). The highest BCUT2D eigenvalue weighted by atomic mass is 32.2. The topological polar surface area (TPSA) is 41.6 Å². The van der Waals surface area contributed by atoms with Gasteiger partial charge in [-0.2, -0.15) is 0 Å². The molecule has 1 amide bonds. The van der Waals surface area contributed by atoms with Gasteiger partial charge in [-0.3, -0.25) is 9.69 Å². The minimum Gasteiger partial charge on any atom is -0.379 e. The van der Waals surface area contributed by atoms with E-state index in [-0.39, 0.29) is 11.2 Å². The summed E-state index contributed by atoms with van der Waals surface area (Å²) in [6, 6.07) is 16.8. The summed E-state index contributed by atoms with van der Waals surface area (Å²) in [6.45, 7) is 9.11. The van der Waals surface area contributed by atoms with Crippen LogP contribution in [0.1, 0.15) is 23.6 Å². The molecule has 1 saturated heterocycles. The van der Waals surface area contributed by atoms with Gasteiger partial charge in [0.15, 0.2) is 0 Å². The van der Waals surface area contributed by atoms with E-state index in [2.05, 4.69) is 65.7 Å². The Labute approximate surface area is 166 Å². The predicted octanol–water partition coefficient (Wildman–Crippen LogP) is 3.62. The van der Waals surface area contributed by atoms with Crippen LogP contribution in [0, 0.1) is 6.92 Å². The third kappa shape index (κ3) is 6.38. The summed E-state index contributed by atoms with van der Waals surface area (Å²) < 4.78 is 5.41. The molecule has 0 aromatic heterocycles. The molecular weight excluding hydrogens is 356 g/mol. The van der Waals surface area contributed by atoms with Crippen LogP contribution in [0.4, 0.5) is 0 Å². The van der Waals surface area contributed by atoms with E-state index in [9.17, 15) is 4.79 Å². The molecule has 1 fully saturated rings. The monoisotopic (exact) mass is 384 g/mol. The molecule has 1 aliphatic rings. The minimum atomic E-state index is -0.121. The molecule has 2 aromatic carbocycles. The lowest BCUT2D eigenvalue weighted by molar-refractivity contribution is -0.120. The van der Waals surface area contributed by atoms with Gasteiger partial charge in [-0.15, -0.1) is 11.8 Å². The summed E-state index contributed by atoms with van der Waals surface area (Å²) in [4.78, 5) is 16.0. The Morgan fingerprint density at radius 1 is 1.15 bits per heavy atom. The molecule has 1 unspecified atom stereocenters. The van der Waals surface area contributed by atoms with Gasteiger partial charge in [-0.25, -0.2) is 0 Å². The molecule has 5 heteroatoms. The maximum absolute atomic E-state index is 12.4. The number of aryl methyl sites for hydroxylation is 1. The Bertz CT molecular complexity index is 742. The zero-order valence-electron chi connectivity index (χ0n) is 16.1. The number of amides is 1. The normalized spacial score (nSPS) is 16.1. The average molecular weight is 385 g/mol. The van der Waals surface area contributed by atoms with Crippen LogP contribution in [0.25, 0.3) is 0 Å². The largest absolute Gasteiger partial charge is 0.379 e. The maximum Gasteiger partial charge on any atom is 0.233 e. The van der Waals surface area contributed by atoms with E-state index in [4.69, 9.17) is 4.74 Å². The molecular formula is C22H28N2O2S. The van der Waals surface area contributed by atoms with Crippen LogP contribution >= 0.6 is 11.8 Å². The van der Waals surface area contributed by atoms with Crippen LogP contribution in [0.2, 0.25) is 0 Å². The third-order valence-electron chi connectivity index (χ3n) is 4.67. The number of rotatable bonds is 7. The Kier molecular flexibility index (Phi) is 7.33. The highest BCUT2D eigenvalue weighted by Crippen LogP contribution is 2.23. The zero-order valence-corrected chi connectivity index (χ0v) is 16.9. The first kappa shape index (κ1) is 19.9. The van der Waals surface area contributed by atoms with E-state index in [0.717, 1.165) is 43.3 Å². The molecule has 1 atom stereocenters. The van der Waals surface area contributed by atoms with E-state index < -0.39 is 0 Å². The number of benzene rings is 2. The lowest BCUT2D eigenvalue weighted by Gasteiger charge is -2.26. The van der Waals surface area contributed by atoms with Crippen molar-refractivity contribution < 1.29 is 9.53 Å². The summed E-state index contributed by atoms with van der Waals surface area (Å²) in [5.74, 6) is 0.0687. The van der Waals surface area contributed by atoms with Crippen LogP contribution in [-0.4, -0.2) is 42.4 Å². The van der Waals surface area contributed by atoms with Crippen molar-refractivity contribution in [2.75, 3.05) is 26.3 Å². The zero-order chi connectivity index (χ0) is 19.1. The second-order valence-electron chi connectivity index (χ2n) is 7.00. The van der Waals surface area contributed by atoms with E-state index in [0.29, 0.717) is 6.54 Å². The first-order valence-corrected chi connectivity index (χ1v) is 10.4. The van der Waals surface area contributed by atoms with E-state index >= 15 is 0 Å². The molecule has 2 aromatic rings. The van der Waals surface area contributed by atoms with Crippen LogP contribution in [0.5, 0.6) is 0 Å². The van der Waals surface area contributed by atoms with Crippen molar-refractivity contribution >= 4 is 17.7 Å². The number of hydrogen-bond donors (Lipinski definition) is 1. The highest BCUT2D eigenvalue weighted by Gasteiger charge is 2.14. The van der Waals surface area contributed by atoms with Crippen LogP contribution in [0.3, 0.4) is 0 Å². The summed E-state index contributed by atoms with van der Waals surface area (Å²) in [5, 5.41) is 2.95. The number of thioether (sulfide) groups is 1. The van der Waals surface area contributed by atoms with Crippen molar-refractivity contribution in [1.29, 1.82) is 0 Å². The van der Waals surface area contributed by atoms with Crippen molar-refractivity contribution in [3.05, 3.63) is 65.2 Å². The Morgan fingerprint density at radius 2 is 1.85 bits per heavy atom. The molecule has 1 heterocycles. The molecule has 144 valence electrons. The fourth-order valence-electron chi connectivity index (χ4n) is 3.06. The number of carbonyl (C=O) groups is 1. The molecule has 1 aliphatic heterocycles. The Balaban J connectivity index is 1.49. The van der Waals surface area contributed by atoms with Gasteiger partial charge in [0.1, 0.15) is 0 Å². The van der Waals surface area contributed by atoms with Crippen LogP contribution in [-0.2, 0) is 22.6 Å². The first-order chi connectivity index (χ1) is 13.1. The van der Waals surface area contributed by atoms with E-state index in [1.54, 1.807) is 11.8 Å². The van der Waals surface area contributed by atoms with Crippen molar-refractivity contribution in [1.82, 2.24) is 10.2 Å². The van der Waals surface area contributed by atoms with Crippen molar-refractivity contribution in [2.24, 2.45) is 0 Å². The van der Waals surface area contributed by atoms with Crippen molar-refractivity contribution in [3.8, 4) is 0 Å². The smallest absolute Gasteiger partial charge is 0.233 e. The standard InChI is InChI=1S/C22H28N2O2S/c1-17-6-8-21(9-7-17)27-18(2)22(25)23-15-19-4-3-5-20(14-19)16-24-10-12-26-13-11-24/h3-9,14,18H,10-13,15-16H2,1-2H3,(H,23,25). The number of ether oxygens (including phenoxy) is 1. The van der Waals surface area contributed by atoms with E-state index in [1.807, 2.05) is 6.92 Å². The second kappa shape index (κ2) is 9.93. The average Bonchev–Trinajstić information content (AvgIpc) is 2.69. The van der Waals surface area contributed by atoms with Crippen molar-refractivity contribution in [3.63, 3.8) is 0 Å². The molecule has 0 saturated carbocycles. The molecule has 0 radical (unpaired) electrons. The summed E-state index contributed by atoms with van der Waals surface area (Å²) >= 11 is 1.59. The summed E-state index contributed by atoms with van der Waals surface area (Å²) in [5.41, 5.74) is 3.65. The lowest BCUT2D eigenvalue weighted by atomic mass is 10.1. The van der Waals surface area contributed by atoms with Gasteiger partial charge in [0.2, 0.25) is 5.91 Å². The minimum absolute atomic E-state index is 0.0687. The molecule has 0 bridgehead atoms. The van der Waals surface area contributed by atoms with Gasteiger partial charge in [0.25, 0.3) is 0 Å². The van der Waals surface area contributed by atoms with Gasteiger partial charge >= 0.3 is 0 Å². The molecule has 1 N–H and O–H groups in total. The predicted molar refractivity (Wildman–Crippen MR) is 111 cm³/mol. The van der Waals surface area contributed by atoms with E-state index in [1.165, 1.54) is 11.1 Å². The molecule has 0 spiro atoms. The number of morpholine rings is 1. The van der Waals surface area contributed by atoms with Gasteiger partial charge in [-0.05, 0) is 37.1 Å². The first-order valence-electron chi connectivity index (χ1n) is 9.49. The Morgan fingerprint density at radius 3 is 2.59 bits per heavy atom. The highest BCUT2D eigenvalue weighted by molar-refractivity contribution is 8.00. The maximum atomic E-state index is 12.4. The van der Waals surface area contributed by atoms with Gasteiger partial charge in [0.05, 0.1) is 18.5 Å². The van der Waals surface area contributed by atoms with Gasteiger partial charge < -0.3 is 10.1 Å².